The summed E-state index contributed by atoms with van der Waals surface area (Å²) in [6.45, 7) is 1.23. The summed E-state index contributed by atoms with van der Waals surface area (Å²) in [5, 5.41) is 7.44. The van der Waals surface area contributed by atoms with E-state index in [0.717, 1.165) is 12.0 Å². The molecule has 0 saturated carbocycles. The fraction of sp³-hybridized carbons (Fsp3) is 0.190. The van der Waals surface area contributed by atoms with Crippen LogP contribution in [-0.2, 0) is 11.2 Å². The topological polar surface area (TPSA) is 71.1 Å². The van der Waals surface area contributed by atoms with Crippen LogP contribution in [0.15, 0.2) is 60.8 Å². The molecule has 0 aliphatic rings. The molecule has 2 N–H and O–H groups in total. The van der Waals surface area contributed by atoms with Gasteiger partial charge in [-0.05, 0) is 24.1 Å². The molecule has 1 aromatic heterocycles. The normalized spacial score (nSPS) is 10.5. The van der Waals surface area contributed by atoms with Gasteiger partial charge in [-0.15, -0.1) is 0 Å². The first-order valence-corrected chi connectivity index (χ1v) is 10.1. The average Bonchev–Trinajstić information content (AvgIpc) is 3.18. The lowest BCUT2D eigenvalue weighted by atomic mass is 10.1. The second-order valence-corrected chi connectivity index (χ2v) is 7.63. The second kappa shape index (κ2) is 10.0. The van der Waals surface area contributed by atoms with Crippen LogP contribution in [0.25, 0.3) is 0 Å². The Morgan fingerprint density at radius 3 is 2.50 bits per heavy atom. The van der Waals surface area contributed by atoms with Crippen molar-refractivity contribution in [1.82, 2.24) is 10.3 Å². The summed E-state index contributed by atoms with van der Waals surface area (Å²) in [4.78, 5) is 29.1. The highest BCUT2D eigenvalue weighted by Gasteiger charge is 2.12. The zero-order valence-corrected chi connectivity index (χ0v) is 16.7. The van der Waals surface area contributed by atoms with Crippen molar-refractivity contribution in [2.45, 2.75) is 12.8 Å². The van der Waals surface area contributed by atoms with Gasteiger partial charge in [0.2, 0.25) is 11.7 Å². The van der Waals surface area contributed by atoms with Gasteiger partial charge in [0.25, 0.3) is 0 Å². The summed E-state index contributed by atoms with van der Waals surface area (Å²) >= 11 is 7.17. The van der Waals surface area contributed by atoms with Crippen LogP contribution in [0.5, 0.6) is 0 Å². The molecule has 1 heterocycles. The predicted molar refractivity (Wildman–Crippen MR) is 113 cm³/mol. The molecule has 0 aliphatic carbocycles. The van der Waals surface area contributed by atoms with Crippen molar-refractivity contribution >= 4 is 39.8 Å². The molecule has 28 heavy (non-hydrogen) atoms. The Hall–Kier alpha value is -2.70. The number of rotatable bonds is 9. The van der Waals surface area contributed by atoms with Gasteiger partial charge in [-0.3, -0.25) is 9.59 Å². The van der Waals surface area contributed by atoms with Gasteiger partial charge in [0, 0.05) is 23.7 Å². The van der Waals surface area contributed by atoms with Crippen LogP contribution >= 0.6 is 22.9 Å². The lowest BCUT2D eigenvalue weighted by Gasteiger charge is -2.06. The van der Waals surface area contributed by atoms with Gasteiger partial charge >= 0.3 is 0 Å². The van der Waals surface area contributed by atoms with E-state index in [1.807, 2.05) is 30.3 Å². The van der Waals surface area contributed by atoms with Crippen LogP contribution in [0.4, 0.5) is 5.13 Å². The summed E-state index contributed by atoms with van der Waals surface area (Å²) in [5.74, 6) is -0.0482. The van der Waals surface area contributed by atoms with Crippen LogP contribution < -0.4 is 10.6 Å². The Morgan fingerprint density at radius 1 is 1.00 bits per heavy atom. The van der Waals surface area contributed by atoms with Crippen molar-refractivity contribution in [2.24, 2.45) is 0 Å². The van der Waals surface area contributed by atoms with Crippen LogP contribution in [0, 0.1) is 0 Å². The Morgan fingerprint density at radius 2 is 1.75 bits per heavy atom. The molecule has 144 valence electrons. The number of thiazole rings is 1. The van der Waals surface area contributed by atoms with E-state index < -0.39 is 0 Å². The molecule has 0 aliphatic heterocycles. The summed E-state index contributed by atoms with van der Waals surface area (Å²) < 4.78 is 0. The Balaban J connectivity index is 1.36. The quantitative estimate of drug-likeness (QED) is 0.407. The van der Waals surface area contributed by atoms with Gasteiger partial charge in [0.15, 0.2) is 5.13 Å². The molecular weight excluding hydrogens is 394 g/mol. The van der Waals surface area contributed by atoms with Crippen molar-refractivity contribution in [3.8, 4) is 0 Å². The molecule has 3 rings (SSSR count). The van der Waals surface area contributed by atoms with Crippen molar-refractivity contribution in [3.63, 3.8) is 0 Å². The number of carbonyl (C=O) groups is 2. The molecule has 0 radical (unpaired) electrons. The first-order chi connectivity index (χ1) is 13.6. The van der Waals surface area contributed by atoms with E-state index in [4.69, 9.17) is 11.6 Å². The standard InChI is InChI=1S/C21H20ClN3O2S/c22-17-9-7-15(8-10-17)13-19(26)23-11-4-12-24-21-25-14-18(28-21)20(27)16-5-2-1-3-6-16/h1-3,5-10,14H,4,11-13H2,(H,23,26)(H,24,25). The minimum Gasteiger partial charge on any atom is -0.361 e. The Kier molecular flexibility index (Phi) is 7.17. The van der Waals surface area contributed by atoms with Gasteiger partial charge in [-0.2, -0.15) is 0 Å². The summed E-state index contributed by atoms with van der Waals surface area (Å²) in [5.41, 5.74) is 1.58. The van der Waals surface area contributed by atoms with Crippen LogP contribution in [0.2, 0.25) is 5.02 Å². The van der Waals surface area contributed by atoms with Crippen molar-refractivity contribution in [2.75, 3.05) is 18.4 Å². The van der Waals surface area contributed by atoms with Crippen LogP contribution in [-0.4, -0.2) is 29.8 Å². The van der Waals surface area contributed by atoms with E-state index in [9.17, 15) is 9.59 Å². The maximum absolute atomic E-state index is 12.4. The third-order valence-corrected chi connectivity index (χ3v) is 5.20. The Labute approximate surface area is 172 Å². The number of nitrogens with zero attached hydrogens (tertiary/aromatic N) is 1. The largest absolute Gasteiger partial charge is 0.361 e. The second-order valence-electron chi connectivity index (χ2n) is 6.16. The SMILES string of the molecule is O=C(Cc1ccc(Cl)cc1)NCCCNc1ncc(C(=O)c2ccccc2)s1. The molecule has 7 heteroatoms. The number of amides is 1. The molecule has 3 aromatic rings. The third-order valence-electron chi connectivity index (χ3n) is 4.00. The number of carbonyl (C=O) groups excluding carboxylic acids is 2. The summed E-state index contributed by atoms with van der Waals surface area (Å²) in [7, 11) is 0. The fourth-order valence-electron chi connectivity index (χ4n) is 2.55. The monoisotopic (exact) mass is 413 g/mol. The lowest BCUT2D eigenvalue weighted by Crippen LogP contribution is -2.27. The number of aromatic nitrogens is 1. The highest BCUT2D eigenvalue weighted by Crippen LogP contribution is 2.21. The number of benzene rings is 2. The molecule has 5 nitrogen and oxygen atoms in total. The molecule has 0 spiro atoms. The maximum atomic E-state index is 12.4. The highest BCUT2D eigenvalue weighted by molar-refractivity contribution is 7.17. The number of hydrogen-bond acceptors (Lipinski definition) is 5. The average molecular weight is 414 g/mol. The van der Waals surface area contributed by atoms with Crippen LogP contribution in [0.1, 0.15) is 27.2 Å². The van der Waals surface area contributed by atoms with E-state index in [-0.39, 0.29) is 11.7 Å². The molecule has 0 atom stereocenters. The highest BCUT2D eigenvalue weighted by atomic mass is 35.5. The number of ketones is 1. The number of nitrogens with one attached hydrogen (secondary N) is 2. The molecule has 1 amide bonds. The molecule has 0 saturated heterocycles. The number of halogens is 1. The zero-order valence-electron chi connectivity index (χ0n) is 15.2. The fourth-order valence-corrected chi connectivity index (χ4v) is 3.48. The zero-order chi connectivity index (χ0) is 19.8. The minimum absolute atomic E-state index is 0.0210. The number of anilines is 1. The summed E-state index contributed by atoms with van der Waals surface area (Å²) in [6, 6.07) is 16.4. The van der Waals surface area contributed by atoms with Crippen molar-refractivity contribution in [3.05, 3.63) is 81.8 Å². The Bertz CT molecular complexity index is 926. The third kappa shape index (κ3) is 5.90. The van der Waals surface area contributed by atoms with Crippen molar-refractivity contribution in [1.29, 1.82) is 0 Å². The maximum Gasteiger partial charge on any atom is 0.224 e. The first-order valence-electron chi connectivity index (χ1n) is 8.92. The molecule has 0 bridgehead atoms. The molecular formula is C21H20ClN3O2S. The van der Waals surface area contributed by atoms with E-state index in [1.165, 1.54) is 11.3 Å². The van der Waals surface area contributed by atoms with E-state index in [2.05, 4.69) is 15.6 Å². The smallest absolute Gasteiger partial charge is 0.224 e. The number of hydrogen-bond donors (Lipinski definition) is 2. The molecule has 2 aromatic carbocycles. The minimum atomic E-state index is -0.0272. The predicted octanol–water partition coefficient (Wildman–Crippen LogP) is 4.19. The van der Waals surface area contributed by atoms with Crippen molar-refractivity contribution < 1.29 is 9.59 Å². The summed E-state index contributed by atoms with van der Waals surface area (Å²) in [6.07, 6.45) is 2.69. The van der Waals surface area contributed by atoms with Gasteiger partial charge in [-0.1, -0.05) is 65.4 Å². The van der Waals surface area contributed by atoms with E-state index in [0.29, 0.717) is 40.1 Å². The lowest BCUT2D eigenvalue weighted by molar-refractivity contribution is -0.120. The molecule has 0 unspecified atom stereocenters. The van der Waals surface area contributed by atoms with E-state index in [1.54, 1.807) is 30.5 Å². The van der Waals surface area contributed by atoms with Crippen LogP contribution in [0.3, 0.4) is 0 Å². The van der Waals surface area contributed by atoms with Gasteiger partial charge in [0.05, 0.1) is 17.5 Å². The van der Waals surface area contributed by atoms with Gasteiger partial charge in [-0.25, -0.2) is 4.98 Å². The van der Waals surface area contributed by atoms with E-state index >= 15 is 0 Å². The van der Waals surface area contributed by atoms with Gasteiger partial charge < -0.3 is 10.6 Å². The molecule has 0 fully saturated rings. The van der Waals surface area contributed by atoms with Gasteiger partial charge in [0.1, 0.15) is 0 Å². The first kappa shape index (κ1) is 20.0.